The molecule has 0 aliphatic heterocycles. The van der Waals surface area contributed by atoms with Crippen LogP contribution in [-0.4, -0.2) is 8.07 Å². The first-order valence-electron chi connectivity index (χ1n) is 19.3. The molecule has 0 saturated heterocycles. The summed E-state index contributed by atoms with van der Waals surface area (Å²) in [7, 11) is -1.47. The molecule has 0 N–H and O–H groups in total. The smallest absolute Gasteiger partial charge is 0.0775 e. The minimum Gasteiger partial charge on any atom is -0.310 e. The molecule has 0 bridgehead atoms. The van der Waals surface area contributed by atoms with Gasteiger partial charge in [-0.25, -0.2) is 0 Å². The molecule has 9 rings (SSSR count). The van der Waals surface area contributed by atoms with E-state index in [0.717, 1.165) is 5.69 Å². The van der Waals surface area contributed by atoms with E-state index in [1.807, 2.05) is 0 Å². The molecule has 0 unspecified atom stereocenters. The summed E-state index contributed by atoms with van der Waals surface area (Å²) in [6.07, 6.45) is 0. The van der Waals surface area contributed by atoms with Crippen LogP contribution in [0.1, 0.15) is 11.1 Å². The maximum absolute atomic E-state index is 2.44. The second-order valence-corrected chi connectivity index (χ2v) is 21.0. The Labute approximate surface area is 326 Å². The zero-order valence-electron chi connectivity index (χ0n) is 32.3. The number of anilines is 3. The molecule has 2 heteroatoms. The highest BCUT2D eigenvalue weighted by Crippen LogP contribution is 2.50. The number of hydrogen-bond donors (Lipinski definition) is 0. The SMILES string of the molecule is Cc1cc(C)cc(N(c2ccc([Si](C)(C)C)cc2)c2ccc3c(c2)c2ccccc2c2c(-c4ccccc4)cc(-c4ccccc4)c(-c4ccccc4)c32)c1. The molecule has 9 aromatic rings. The third-order valence-electron chi connectivity index (χ3n) is 11.0. The van der Waals surface area contributed by atoms with E-state index in [-0.39, 0.29) is 0 Å². The Morgan fingerprint density at radius 1 is 0.364 bits per heavy atom. The first-order valence-corrected chi connectivity index (χ1v) is 22.8. The van der Waals surface area contributed by atoms with Crippen molar-refractivity contribution in [1.29, 1.82) is 0 Å². The number of fused-ring (bicyclic) bond motifs is 6. The topological polar surface area (TPSA) is 3.24 Å². The van der Waals surface area contributed by atoms with Gasteiger partial charge < -0.3 is 4.90 Å². The molecule has 0 fully saturated rings. The lowest BCUT2D eigenvalue weighted by Crippen LogP contribution is -2.37. The Balaban J connectivity index is 1.42. The van der Waals surface area contributed by atoms with Crippen molar-refractivity contribution >= 4 is 62.6 Å². The van der Waals surface area contributed by atoms with Gasteiger partial charge in [-0.3, -0.25) is 0 Å². The molecule has 55 heavy (non-hydrogen) atoms. The maximum Gasteiger partial charge on any atom is 0.0775 e. The van der Waals surface area contributed by atoms with Gasteiger partial charge in [0.25, 0.3) is 0 Å². The molecule has 0 aliphatic carbocycles. The van der Waals surface area contributed by atoms with Gasteiger partial charge in [0, 0.05) is 17.1 Å². The minimum absolute atomic E-state index is 1.14. The average molecular weight is 724 g/mol. The highest BCUT2D eigenvalue weighted by Gasteiger charge is 2.23. The Morgan fingerprint density at radius 3 is 1.47 bits per heavy atom. The molecular formula is C53H45NSi. The van der Waals surface area contributed by atoms with Crippen molar-refractivity contribution in [2.75, 3.05) is 4.90 Å². The Bertz CT molecular complexity index is 2810. The second kappa shape index (κ2) is 13.9. The summed E-state index contributed by atoms with van der Waals surface area (Å²) in [6, 6.07) is 67.7. The molecule has 0 amide bonds. The van der Waals surface area contributed by atoms with E-state index in [2.05, 4.69) is 220 Å². The van der Waals surface area contributed by atoms with Crippen LogP contribution in [-0.2, 0) is 0 Å². The van der Waals surface area contributed by atoms with E-state index >= 15 is 0 Å². The summed E-state index contributed by atoms with van der Waals surface area (Å²) in [5.74, 6) is 0. The third-order valence-corrected chi connectivity index (χ3v) is 13.1. The van der Waals surface area contributed by atoms with Gasteiger partial charge in [0.15, 0.2) is 0 Å². The lowest BCUT2D eigenvalue weighted by Gasteiger charge is -2.28. The Morgan fingerprint density at radius 2 is 0.873 bits per heavy atom. The Kier molecular flexibility index (Phi) is 8.72. The van der Waals surface area contributed by atoms with E-state index < -0.39 is 8.07 Å². The Hall–Kier alpha value is -6.22. The van der Waals surface area contributed by atoms with E-state index in [1.54, 1.807) is 0 Å². The fourth-order valence-corrected chi connectivity index (χ4v) is 9.68. The second-order valence-electron chi connectivity index (χ2n) is 15.9. The molecule has 0 radical (unpaired) electrons. The minimum atomic E-state index is -1.47. The van der Waals surface area contributed by atoms with Crippen LogP contribution in [0.4, 0.5) is 17.1 Å². The van der Waals surface area contributed by atoms with E-state index in [0.29, 0.717) is 0 Å². The molecule has 0 atom stereocenters. The fourth-order valence-electron chi connectivity index (χ4n) is 8.51. The van der Waals surface area contributed by atoms with Gasteiger partial charge in [-0.05, 0) is 133 Å². The highest BCUT2D eigenvalue weighted by molar-refractivity contribution is 6.88. The first kappa shape index (κ1) is 34.5. The van der Waals surface area contributed by atoms with Gasteiger partial charge in [-0.15, -0.1) is 0 Å². The molecule has 266 valence electrons. The normalized spacial score (nSPS) is 11.7. The van der Waals surface area contributed by atoms with Gasteiger partial charge in [0.1, 0.15) is 0 Å². The molecule has 0 saturated carbocycles. The van der Waals surface area contributed by atoms with Crippen LogP contribution in [0, 0.1) is 13.8 Å². The summed E-state index contributed by atoms with van der Waals surface area (Å²) < 4.78 is 0. The first-order chi connectivity index (χ1) is 26.7. The standard InChI is InChI=1S/C53H45NSi/c1-36-31-37(2)33-43(32-36)54(41-25-28-44(29-26-41)55(3,4)5)42-27-30-47-50(34-42)45-23-15-16-24-46(45)52-49(39-19-11-7-12-20-39)35-48(38-17-9-6-10-18-38)51(53(47)52)40-21-13-8-14-22-40/h6-35H,1-5H3. The van der Waals surface area contributed by atoms with Crippen molar-refractivity contribution in [3.63, 3.8) is 0 Å². The van der Waals surface area contributed by atoms with Crippen LogP contribution in [0.25, 0.3) is 65.7 Å². The fraction of sp³-hybridized carbons (Fsp3) is 0.0943. The molecular weight excluding hydrogens is 679 g/mol. The van der Waals surface area contributed by atoms with Crippen LogP contribution in [0.5, 0.6) is 0 Å². The predicted octanol–water partition coefficient (Wildman–Crippen LogP) is 14.8. The van der Waals surface area contributed by atoms with E-state index in [4.69, 9.17) is 0 Å². The molecule has 0 aliphatic rings. The number of benzene rings is 9. The van der Waals surface area contributed by atoms with Crippen LogP contribution < -0.4 is 10.1 Å². The lowest BCUT2D eigenvalue weighted by molar-refractivity contribution is 1.26. The number of hydrogen-bond acceptors (Lipinski definition) is 1. The van der Waals surface area contributed by atoms with Crippen molar-refractivity contribution in [3.8, 4) is 33.4 Å². The zero-order valence-corrected chi connectivity index (χ0v) is 33.3. The quantitative estimate of drug-likeness (QED) is 0.117. The largest absolute Gasteiger partial charge is 0.310 e. The van der Waals surface area contributed by atoms with Crippen LogP contribution in [0.15, 0.2) is 182 Å². The van der Waals surface area contributed by atoms with Crippen LogP contribution in [0.3, 0.4) is 0 Å². The zero-order chi connectivity index (χ0) is 37.7. The predicted molar refractivity (Wildman–Crippen MR) is 242 cm³/mol. The lowest BCUT2D eigenvalue weighted by atomic mass is 9.81. The summed E-state index contributed by atoms with van der Waals surface area (Å²) in [6.45, 7) is 11.6. The van der Waals surface area contributed by atoms with Gasteiger partial charge >= 0.3 is 0 Å². The maximum atomic E-state index is 2.44. The molecule has 9 aromatic carbocycles. The molecule has 0 heterocycles. The summed E-state index contributed by atoms with van der Waals surface area (Å²) in [5.41, 5.74) is 13.4. The van der Waals surface area contributed by atoms with Crippen molar-refractivity contribution in [1.82, 2.24) is 0 Å². The van der Waals surface area contributed by atoms with Gasteiger partial charge in [-0.2, -0.15) is 0 Å². The van der Waals surface area contributed by atoms with Crippen LogP contribution in [0.2, 0.25) is 19.6 Å². The monoisotopic (exact) mass is 723 g/mol. The van der Waals surface area contributed by atoms with Crippen molar-refractivity contribution in [2.24, 2.45) is 0 Å². The number of rotatable bonds is 7. The third kappa shape index (κ3) is 6.33. The van der Waals surface area contributed by atoms with Gasteiger partial charge in [0.05, 0.1) is 8.07 Å². The number of aryl methyl sites for hydroxylation is 2. The summed E-state index contributed by atoms with van der Waals surface area (Å²) >= 11 is 0. The summed E-state index contributed by atoms with van der Waals surface area (Å²) in [5, 5.41) is 9.04. The van der Waals surface area contributed by atoms with Gasteiger partial charge in [-0.1, -0.05) is 164 Å². The molecule has 0 spiro atoms. The highest BCUT2D eigenvalue weighted by atomic mass is 28.3. The summed E-state index contributed by atoms with van der Waals surface area (Å²) in [4.78, 5) is 2.44. The van der Waals surface area contributed by atoms with Crippen LogP contribution >= 0.6 is 0 Å². The van der Waals surface area contributed by atoms with E-state index in [9.17, 15) is 0 Å². The van der Waals surface area contributed by atoms with Crippen molar-refractivity contribution in [2.45, 2.75) is 33.5 Å². The average Bonchev–Trinajstić information content (AvgIpc) is 3.21. The number of nitrogens with zero attached hydrogens (tertiary/aromatic N) is 1. The molecule has 0 aromatic heterocycles. The van der Waals surface area contributed by atoms with Crippen molar-refractivity contribution < 1.29 is 0 Å². The van der Waals surface area contributed by atoms with E-state index in [1.165, 1.54) is 93.4 Å². The van der Waals surface area contributed by atoms with Gasteiger partial charge in [0.2, 0.25) is 0 Å². The molecule has 1 nitrogen and oxygen atoms in total. The van der Waals surface area contributed by atoms with Crippen molar-refractivity contribution in [3.05, 3.63) is 193 Å².